The summed E-state index contributed by atoms with van der Waals surface area (Å²) in [6.45, 7) is 2.10. The third-order valence-corrected chi connectivity index (χ3v) is 6.94. The SMILES string of the molecule is CCCC[C@H]1C[C@H](c2cccc(N)c2)c2cc(F)ccc2S(=O)(=O)C1. The Morgan fingerprint density at radius 2 is 2.00 bits per heavy atom. The van der Waals surface area contributed by atoms with Gasteiger partial charge in [0.15, 0.2) is 9.84 Å². The monoisotopic (exact) mass is 361 g/mol. The van der Waals surface area contributed by atoms with Crippen LogP contribution in [0.5, 0.6) is 0 Å². The number of nitrogen functional groups attached to an aromatic ring is 1. The third kappa shape index (κ3) is 3.87. The molecule has 0 amide bonds. The number of hydrogen-bond acceptors (Lipinski definition) is 3. The summed E-state index contributed by atoms with van der Waals surface area (Å²) in [5.41, 5.74) is 8.07. The zero-order valence-electron chi connectivity index (χ0n) is 14.4. The number of unbranched alkanes of at least 4 members (excludes halogenated alkanes) is 1. The molecule has 25 heavy (non-hydrogen) atoms. The highest BCUT2D eigenvalue weighted by Crippen LogP contribution is 2.41. The summed E-state index contributed by atoms with van der Waals surface area (Å²) in [7, 11) is -3.42. The maximum absolute atomic E-state index is 13.9. The van der Waals surface area contributed by atoms with Gasteiger partial charge in [-0.05, 0) is 60.2 Å². The average Bonchev–Trinajstić information content (AvgIpc) is 2.66. The first-order valence-electron chi connectivity index (χ1n) is 8.78. The van der Waals surface area contributed by atoms with Crippen molar-refractivity contribution in [3.63, 3.8) is 0 Å². The minimum Gasteiger partial charge on any atom is -0.399 e. The Balaban J connectivity index is 2.14. The number of hydrogen-bond donors (Lipinski definition) is 1. The Hall–Kier alpha value is -1.88. The molecule has 0 fully saturated rings. The van der Waals surface area contributed by atoms with E-state index in [9.17, 15) is 12.8 Å². The molecule has 0 bridgehead atoms. The van der Waals surface area contributed by atoms with Crippen LogP contribution in [0.2, 0.25) is 0 Å². The molecule has 0 saturated carbocycles. The van der Waals surface area contributed by atoms with E-state index < -0.39 is 15.7 Å². The van der Waals surface area contributed by atoms with Gasteiger partial charge in [-0.15, -0.1) is 0 Å². The van der Waals surface area contributed by atoms with Gasteiger partial charge in [0.2, 0.25) is 0 Å². The maximum Gasteiger partial charge on any atom is 0.178 e. The molecule has 1 aliphatic heterocycles. The Morgan fingerprint density at radius 3 is 2.72 bits per heavy atom. The summed E-state index contributed by atoms with van der Waals surface area (Å²) in [4.78, 5) is 0.264. The van der Waals surface area contributed by atoms with Crippen molar-refractivity contribution in [2.45, 2.75) is 43.4 Å². The predicted octanol–water partition coefficient (Wildman–Crippen LogP) is 4.52. The molecule has 3 nitrogen and oxygen atoms in total. The minimum absolute atomic E-state index is 0.0619. The lowest BCUT2D eigenvalue weighted by atomic mass is 9.82. The second-order valence-electron chi connectivity index (χ2n) is 6.93. The van der Waals surface area contributed by atoms with Crippen molar-refractivity contribution in [1.82, 2.24) is 0 Å². The highest BCUT2D eigenvalue weighted by atomic mass is 32.2. The predicted molar refractivity (Wildman–Crippen MR) is 98.8 cm³/mol. The molecule has 5 heteroatoms. The van der Waals surface area contributed by atoms with Gasteiger partial charge < -0.3 is 5.73 Å². The van der Waals surface area contributed by atoms with Gasteiger partial charge in [-0.3, -0.25) is 0 Å². The molecule has 1 aliphatic rings. The van der Waals surface area contributed by atoms with E-state index in [1.165, 1.54) is 18.2 Å². The van der Waals surface area contributed by atoms with E-state index in [4.69, 9.17) is 5.73 Å². The Labute approximate surface area is 149 Å². The van der Waals surface area contributed by atoms with E-state index in [0.29, 0.717) is 17.7 Å². The number of halogens is 1. The molecule has 2 aromatic carbocycles. The van der Waals surface area contributed by atoms with Gasteiger partial charge in [0.05, 0.1) is 10.6 Å². The van der Waals surface area contributed by atoms with Crippen LogP contribution in [-0.2, 0) is 9.84 Å². The maximum atomic E-state index is 13.9. The number of benzene rings is 2. The van der Waals surface area contributed by atoms with E-state index in [0.717, 1.165) is 24.8 Å². The molecule has 2 atom stereocenters. The molecule has 0 spiro atoms. The van der Waals surface area contributed by atoms with Crippen LogP contribution in [-0.4, -0.2) is 14.2 Å². The lowest BCUT2D eigenvalue weighted by molar-refractivity contribution is 0.450. The second-order valence-corrected chi connectivity index (χ2v) is 8.93. The Bertz CT molecular complexity index is 864. The quantitative estimate of drug-likeness (QED) is 0.643. The Morgan fingerprint density at radius 1 is 1.20 bits per heavy atom. The topological polar surface area (TPSA) is 60.2 Å². The van der Waals surface area contributed by atoms with Crippen molar-refractivity contribution >= 4 is 15.5 Å². The molecular formula is C20H24FNO2S. The summed E-state index contributed by atoms with van der Waals surface area (Å²) in [6.07, 6.45) is 3.58. The van der Waals surface area contributed by atoms with Crippen molar-refractivity contribution < 1.29 is 12.8 Å². The van der Waals surface area contributed by atoms with Crippen molar-refractivity contribution in [1.29, 1.82) is 0 Å². The summed E-state index contributed by atoms with van der Waals surface area (Å²) in [5.74, 6) is -0.375. The highest BCUT2D eigenvalue weighted by molar-refractivity contribution is 7.91. The van der Waals surface area contributed by atoms with Crippen LogP contribution in [0.3, 0.4) is 0 Å². The first-order valence-corrected chi connectivity index (χ1v) is 10.4. The molecule has 2 N–H and O–H groups in total. The molecule has 0 aliphatic carbocycles. The lowest BCUT2D eigenvalue weighted by Gasteiger charge is -2.21. The van der Waals surface area contributed by atoms with Gasteiger partial charge >= 0.3 is 0 Å². The number of anilines is 1. The van der Waals surface area contributed by atoms with E-state index in [-0.39, 0.29) is 22.5 Å². The van der Waals surface area contributed by atoms with Crippen LogP contribution in [0.15, 0.2) is 47.4 Å². The summed E-state index contributed by atoms with van der Waals surface area (Å²) >= 11 is 0. The van der Waals surface area contributed by atoms with E-state index in [1.54, 1.807) is 6.07 Å². The van der Waals surface area contributed by atoms with Crippen molar-refractivity contribution in [3.05, 3.63) is 59.4 Å². The van der Waals surface area contributed by atoms with Crippen LogP contribution in [0.25, 0.3) is 0 Å². The molecule has 3 rings (SSSR count). The fourth-order valence-corrected chi connectivity index (χ4v) is 5.73. The van der Waals surface area contributed by atoms with Gasteiger partial charge in [-0.1, -0.05) is 31.9 Å². The fourth-order valence-electron chi connectivity index (χ4n) is 3.79. The standard InChI is InChI=1S/C20H24FNO2S/c1-2-3-5-14-10-18(15-6-4-7-17(22)11-15)19-12-16(21)8-9-20(19)25(23,24)13-14/h4,6-9,11-12,14,18H,2-3,5,10,13,22H2,1H3/t14-,18+/m0/s1. The second kappa shape index (κ2) is 7.16. The van der Waals surface area contributed by atoms with Crippen LogP contribution >= 0.6 is 0 Å². The van der Waals surface area contributed by atoms with E-state index >= 15 is 0 Å². The van der Waals surface area contributed by atoms with E-state index in [1.807, 2.05) is 18.2 Å². The van der Waals surface area contributed by atoms with Crippen LogP contribution in [0, 0.1) is 11.7 Å². The first-order chi connectivity index (χ1) is 11.9. The van der Waals surface area contributed by atoms with Gasteiger partial charge in [0.1, 0.15) is 5.82 Å². The van der Waals surface area contributed by atoms with Gasteiger partial charge in [-0.25, -0.2) is 12.8 Å². The zero-order valence-corrected chi connectivity index (χ0v) is 15.2. The van der Waals surface area contributed by atoms with Crippen molar-refractivity contribution in [2.24, 2.45) is 5.92 Å². The van der Waals surface area contributed by atoms with E-state index in [2.05, 4.69) is 6.92 Å². The molecule has 2 aromatic rings. The van der Waals surface area contributed by atoms with Crippen LogP contribution in [0.4, 0.5) is 10.1 Å². The molecule has 0 aromatic heterocycles. The van der Waals surface area contributed by atoms with Gasteiger partial charge in [0, 0.05) is 11.6 Å². The Kier molecular flexibility index (Phi) is 5.13. The minimum atomic E-state index is -3.42. The zero-order chi connectivity index (χ0) is 18.0. The summed E-state index contributed by atoms with van der Waals surface area (Å²) in [6, 6.07) is 11.5. The molecule has 0 saturated heterocycles. The number of fused-ring (bicyclic) bond motifs is 1. The lowest BCUT2D eigenvalue weighted by Crippen LogP contribution is -2.15. The van der Waals surface area contributed by atoms with Crippen LogP contribution in [0.1, 0.15) is 49.7 Å². The summed E-state index contributed by atoms with van der Waals surface area (Å²) in [5, 5.41) is 0. The molecular weight excluding hydrogens is 337 g/mol. The summed E-state index contributed by atoms with van der Waals surface area (Å²) < 4.78 is 39.7. The molecule has 134 valence electrons. The normalized spacial score (nSPS) is 22.2. The number of rotatable bonds is 4. The smallest absolute Gasteiger partial charge is 0.178 e. The highest BCUT2D eigenvalue weighted by Gasteiger charge is 2.33. The molecule has 1 heterocycles. The van der Waals surface area contributed by atoms with Crippen LogP contribution < -0.4 is 5.73 Å². The van der Waals surface area contributed by atoms with Gasteiger partial charge in [-0.2, -0.15) is 0 Å². The molecule has 0 radical (unpaired) electrons. The first kappa shape index (κ1) is 17.9. The number of sulfone groups is 1. The molecule has 0 unspecified atom stereocenters. The third-order valence-electron chi connectivity index (χ3n) is 4.99. The van der Waals surface area contributed by atoms with Crippen molar-refractivity contribution in [3.8, 4) is 0 Å². The average molecular weight is 361 g/mol. The van der Waals surface area contributed by atoms with Crippen molar-refractivity contribution in [2.75, 3.05) is 11.5 Å². The fraction of sp³-hybridized carbons (Fsp3) is 0.400. The largest absolute Gasteiger partial charge is 0.399 e. The van der Waals surface area contributed by atoms with Gasteiger partial charge in [0.25, 0.3) is 0 Å². The number of nitrogens with two attached hydrogens (primary N) is 1.